The fraction of sp³-hybridized carbons (Fsp3) is 0.538. The maximum atomic E-state index is 12.4. The average Bonchev–Trinajstić information content (AvgIpc) is 2.31. The molecule has 2 unspecified atom stereocenters. The summed E-state index contributed by atoms with van der Waals surface area (Å²) in [7, 11) is -3.52. The summed E-state index contributed by atoms with van der Waals surface area (Å²) < 4.78 is 28.1. The zero-order valence-corrected chi connectivity index (χ0v) is 13.3. The standard InChI is InChI=1S/C13H19BrN2O2S/c1-9-6-7-13(10(14)8-9)19(17,18)16-12-5-3-2-4-11(12)15/h6-8,11-12,16H,2-5,15H2,1H3. The summed E-state index contributed by atoms with van der Waals surface area (Å²) in [6.07, 6.45) is 3.79. The maximum absolute atomic E-state index is 12.4. The predicted octanol–water partition coefficient (Wildman–Crippen LogP) is 2.31. The van der Waals surface area contributed by atoms with Crippen LogP contribution in [-0.2, 0) is 10.0 Å². The highest BCUT2D eigenvalue weighted by atomic mass is 79.9. The predicted molar refractivity (Wildman–Crippen MR) is 79.4 cm³/mol. The fourth-order valence-corrected chi connectivity index (χ4v) is 4.91. The Morgan fingerprint density at radius 2 is 2.00 bits per heavy atom. The van der Waals surface area contributed by atoms with Crippen molar-refractivity contribution in [2.45, 2.75) is 49.6 Å². The average molecular weight is 347 g/mol. The molecule has 19 heavy (non-hydrogen) atoms. The van der Waals surface area contributed by atoms with Gasteiger partial charge in [0.05, 0.1) is 4.90 Å². The Morgan fingerprint density at radius 1 is 1.32 bits per heavy atom. The third-order valence-corrected chi connectivity index (χ3v) is 5.97. The van der Waals surface area contributed by atoms with Gasteiger partial charge in [-0.25, -0.2) is 13.1 Å². The van der Waals surface area contributed by atoms with Gasteiger partial charge in [0.15, 0.2) is 0 Å². The summed E-state index contributed by atoms with van der Waals surface area (Å²) in [5, 5.41) is 0. The first-order valence-corrected chi connectivity index (χ1v) is 8.72. The van der Waals surface area contributed by atoms with Gasteiger partial charge in [0.2, 0.25) is 10.0 Å². The minimum absolute atomic E-state index is 0.0900. The molecule has 0 radical (unpaired) electrons. The SMILES string of the molecule is Cc1ccc(S(=O)(=O)NC2CCCCC2N)c(Br)c1. The third kappa shape index (κ3) is 3.56. The van der Waals surface area contributed by atoms with Gasteiger partial charge in [0.1, 0.15) is 0 Å². The minimum Gasteiger partial charge on any atom is -0.326 e. The molecule has 1 fully saturated rings. The number of halogens is 1. The van der Waals surface area contributed by atoms with Gasteiger partial charge in [0.25, 0.3) is 0 Å². The lowest BCUT2D eigenvalue weighted by atomic mass is 9.92. The molecular formula is C13H19BrN2O2S. The molecule has 3 N–H and O–H groups in total. The van der Waals surface area contributed by atoms with E-state index in [-0.39, 0.29) is 17.0 Å². The van der Waals surface area contributed by atoms with Crippen molar-refractivity contribution in [1.82, 2.24) is 4.72 Å². The molecule has 4 nitrogen and oxygen atoms in total. The van der Waals surface area contributed by atoms with Crippen molar-refractivity contribution in [3.8, 4) is 0 Å². The number of hydrogen-bond acceptors (Lipinski definition) is 3. The minimum atomic E-state index is -3.52. The smallest absolute Gasteiger partial charge is 0.241 e. The molecule has 0 aliphatic heterocycles. The molecule has 0 bridgehead atoms. The van der Waals surface area contributed by atoms with Gasteiger partial charge in [-0.05, 0) is 53.4 Å². The third-order valence-electron chi connectivity index (χ3n) is 3.50. The summed E-state index contributed by atoms with van der Waals surface area (Å²) in [4.78, 5) is 0.274. The quantitative estimate of drug-likeness (QED) is 0.881. The zero-order chi connectivity index (χ0) is 14.0. The number of nitrogens with one attached hydrogen (secondary N) is 1. The number of sulfonamides is 1. The molecule has 2 atom stereocenters. The van der Waals surface area contributed by atoms with Crippen molar-refractivity contribution in [3.63, 3.8) is 0 Å². The molecular weight excluding hydrogens is 328 g/mol. The molecule has 6 heteroatoms. The largest absolute Gasteiger partial charge is 0.326 e. The van der Waals surface area contributed by atoms with Crippen LogP contribution in [-0.4, -0.2) is 20.5 Å². The molecule has 1 aromatic carbocycles. The number of rotatable bonds is 3. The monoisotopic (exact) mass is 346 g/mol. The van der Waals surface area contributed by atoms with Gasteiger partial charge in [-0.2, -0.15) is 0 Å². The molecule has 0 saturated heterocycles. The van der Waals surface area contributed by atoms with Crippen molar-refractivity contribution in [2.75, 3.05) is 0 Å². The molecule has 106 valence electrons. The second-order valence-electron chi connectivity index (χ2n) is 5.11. The summed E-state index contributed by atoms with van der Waals surface area (Å²) in [5.41, 5.74) is 7.00. The highest BCUT2D eigenvalue weighted by molar-refractivity contribution is 9.10. The van der Waals surface area contributed by atoms with Crippen molar-refractivity contribution in [3.05, 3.63) is 28.2 Å². The van der Waals surface area contributed by atoms with Crippen LogP contribution < -0.4 is 10.5 Å². The van der Waals surface area contributed by atoms with Gasteiger partial charge >= 0.3 is 0 Å². The number of benzene rings is 1. The molecule has 0 amide bonds. The summed E-state index contributed by atoms with van der Waals surface area (Å²) >= 11 is 3.31. The van der Waals surface area contributed by atoms with Crippen molar-refractivity contribution in [1.29, 1.82) is 0 Å². The van der Waals surface area contributed by atoms with Crippen molar-refractivity contribution < 1.29 is 8.42 Å². The van der Waals surface area contributed by atoms with Crippen LogP contribution >= 0.6 is 15.9 Å². The Morgan fingerprint density at radius 3 is 2.63 bits per heavy atom. The first kappa shape index (κ1) is 15.0. The van der Waals surface area contributed by atoms with Crippen LogP contribution in [0.5, 0.6) is 0 Å². The van der Waals surface area contributed by atoms with Crippen molar-refractivity contribution in [2.24, 2.45) is 5.73 Å². The Hall–Kier alpha value is -0.430. The van der Waals surface area contributed by atoms with E-state index in [1.54, 1.807) is 18.2 Å². The van der Waals surface area contributed by atoms with E-state index in [0.29, 0.717) is 4.47 Å². The summed E-state index contributed by atoms with van der Waals surface area (Å²) in [5.74, 6) is 0. The van der Waals surface area contributed by atoms with E-state index < -0.39 is 10.0 Å². The highest BCUT2D eigenvalue weighted by Gasteiger charge is 2.28. The maximum Gasteiger partial charge on any atom is 0.241 e. The Labute approximate surface area is 122 Å². The molecule has 1 saturated carbocycles. The van der Waals surface area contributed by atoms with Gasteiger partial charge in [-0.1, -0.05) is 18.9 Å². The first-order chi connectivity index (χ1) is 8.90. The van der Waals surface area contributed by atoms with Crippen LogP contribution in [0.15, 0.2) is 27.6 Å². The van der Waals surface area contributed by atoms with E-state index in [2.05, 4.69) is 20.7 Å². The van der Waals surface area contributed by atoms with Crippen LogP contribution in [0, 0.1) is 6.92 Å². The Bertz CT molecular complexity index is 560. The van der Waals surface area contributed by atoms with E-state index >= 15 is 0 Å². The lowest BCUT2D eigenvalue weighted by molar-refractivity contribution is 0.361. The van der Waals surface area contributed by atoms with E-state index in [0.717, 1.165) is 31.2 Å². The zero-order valence-electron chi connectivity index (χ0n) is 10.9. The molecule has 0 aromatic heterocycles. The normalized spacial score (nSPS) is 24.4. The molecule has 1 aromatic rings. The number of hydrogen-bond donors (Lipinski definition) is 2. The topological polar surface area (TPSA) is 72.2 Å². The van der Waals surface area contributed by atoms with Crippen LogP contribution in [0.1, 0.15) is 31.2 Å². The van der Waals surface area contributed by atoms with Crippen LogP contribution in [0.25, 0.3) is 0 Å². The second kappa shape index (κ2) is 5.91. The van der Waals surface area contributed by atoms with E-state index in [1.165, 1.54) is 0 Å². The number of aryl methyl sites for hydroxylation is 1. The van der Waals surface area contributed by atoms with Gasteiger partial charge in [-0.3, -0.25) is 0 Å². The van der Waals surface area contributed by atoms with E-state index in [1.807, 2.05) is 6.92 Å². The lowest BCUT2D eigenvalue weighted by Crippen LogP contribution is -2.49. The van der Waals surface area contributed by atoms with E-state index in [9.17, 15) is 8.42 Å². The lowest BCUT2D eigenvalue weighted by Gasteiger charge is -2.29. The summed E-state index contributed by atoms with van der Waals surface area (Å²) in [6, 6.07) is 4.96. The van der Waals surface area contributed by atoms with Crippen LogP contribution in [0.4, 0.5) is 0 Å². The first-order valence-electron chi connectivity index (χ1n) is 6.44. The second-order valence-corrected chi connectivity index (χ2v) is 7.65. The van der Waals surface area contributed by atoms with E-state index in [4.69, 9.17) is 5.73 Å². The Balaban J connectivity index is 2.22. The molecule has 1 aliphatic carbocycles. The number of nitrogens with two attached hydrogens (primary N) is 1. The van der Waals surface area contributed by atoms with Gasteiger partial charge in [0, 0.05) is 16.6 Å². The van der Waals surface area contributed by atoms with Crippen LogP contribution in [0.2, 0.25) is 0 Å². The fourth-order valence-electron chi connectivity index (χ4n) is 2.39. The highest BCUT2D eigenvalue weighted by Crippen LogP contribution is 2.25. The van der Waals surface area contributed by atoms with Gasteiger partial charge < -0.3 is 5.73 Å². The molecule has 2 rings (SSSR count). The molecule has 1 aliphatic rings. The molecule has 0 heterocycles. The Kier molecular flexibility index (Phi) is 4.66. The van der Waals surface area contributed by atoms with Crippen molar-refractivity contribution >= 4 is 26.0 Å². The van der Waals surface area contributed by atoms with Crippen LogP contribution in [0.3, 0.4) is 0 Å². The summed E-state index contributed by atoms with van der Waals surface area (Å²) in [6.45, 7) is 1.92. The molecule has 0 spiro atoms. The van der Waals surface area contributed by atoms with Gasteiger partial charge in [-0.15, -0.1) is 0 Å².